The van der Waals surface area contributed by atoms with Crippen LogP contribution in [-0.4, -0.2) is 50.3 Å². The maximum atomic E-state index is 13.4. The van der Waals surface area contributed by atoms with Gasteiger partial charge in [0.25, 0.3) is 0 Å². The average molecular weight is 499 g/mol. The number of hydrogen-bond acceptors (Lipinski definition) is 8. The van der Waals surface area contributed by atoms with Crippen LogP contribution in [0, 0.1) is 0 Å². The first kappa shape index (κ1) is 28.6. The van der Waals surface area contributed by atoms with E-state index in [1.807, 2.05) is 27.7 Å². The van der Waals surface area contributed by atoms with Crippen molar-refractivity contribution in [2.24, 2.45) is 0 Å². The SMILES string of the molecule is CCCOC(=O)c1cc(-c2ccccc2)c(C(=O)OCCC)c(C(=O)OCCC)c1C(=O)OCCC. The van der Waals surface area contributed by atoms with Gasteiger partial charge in [-0.05, 0) is 42.9 Å². The molecule has 0 heterocycles. The molecular formula is C28H34O8. The standard InChI is InChI=1S/C28H34O8/c1-5-14-33-25(29)21-18-20(19-12-10-9-11-13-19)22(26(30)34-15-6-2)24(28(32)36-17-8-4)23(21)27(31)35-16-7-3/h9-13,18H,5-8,14-17H2,1-4H3. The lowest BCUT2D eigenvalue weighted by atomic mass is 9.88. The zero-order valence-electron chi connectivity index (χ0n) is 21.4. The van der Waals surface area contributed by atoms with Crippen molar-refractivity contribution in [2.45, 2.75) is 53.4 Å². The topological polar surface area (TPSA) is 105 Å². The second kappa shape index (κ2) is 14.7. The van der Waals surface area contributed by atoms with Crippen molar-refractivity contribution in [3.63, 3.8) is 0 Å². The highest BCUT2D eigenvalue weighted by molar-refractivity contribution is 6.18. The first-order chi connectivity index (χ1) is 17.4. The molecule has 36 heavy (non-hydrogen) atoms. The van der Waals surface area contributed by atoms with Crippen LogP contribution in [0.4, 0.5) is 0 Å². The fraction of sp³-hybridized carbons (Fsp3) is 0.429. The molecular weight excluding hydrogens is 464 g/mol. The molecule has 8 nitrogen and oxygen atoms in total. The van der Waals surface area contributed by atoms with Crippen LogP contribution >= 0.6 is 0 Å². The molecule has 0 aliphatic heterocycles. The number of carbonyl (C=O) groups excluding carboxylic acids is 4. The minimum absolute atomic E-state index is 0.0525. The Morgan fingerprint density at radius 2 is 0.972 bits per heavy atom. The Balaban J connectivity index is 2.98. The van der Waals surface area contributed by atoms with Crippen molar-refractivity contribution in [3.05, 3.63) is 58.7 Å². The van der Waals surface area contributed by atoms with Crippen molar-refractivity contribution >= 4 is 23.9 Å². The first-order valence-electron chi connectivity index (χ1n) is 12.4. The number of esters is 4. The van der Waals surface area contributed by atoms with E-state index in [9.17, 15) is 19.2 Å². The Bertz CT molecular complexity index is 1060. The molecule has 0 N–H and O–H groups in total. The molecule has 0 atom stereocenters. The highest BCUT2D eigenvalue weighted by Crippen LogP contribution is 2.34. The molecule has 8 heteroatoms. The van der Waals surface area contributed by atoms with Gasteiger partial charge >= 0.3 is 23.9 Å². The minimum atomic E-state index is -0.925. The Hall–Kier alpha value is -3.68. The van der Waals surface area contributed by atoms with Gasteiger partial charge in [0.1, 0.15) is 0 Å². The quantitative estimate of drug-likeness (QED) is 0.259. The van der Waals surface area contributed by atoms with Crippen LogP contribution in [0.1, 0.15) is 94.8 Å². The second-order valence-electron chi connectivity index (χ2n) is 8.01. The number of rotatable bonds is 13. The summed E-state index contributed by atoms with van der Waals surface area (Å²) < 4.78 is 21.4. The third-order valence-corrected chi connectivity index (χ3v) is 4.99. The van der Waals surface area contributed by atoms with Gasteiger partial charge in [0, 0.05) is 0 Å². The van der Waals surface area contributed by atoms with E-state index in [1.54, 1.807) is 30.3 Å². The van der Waals surface area contributed by atoms with E-state index in [1.165, 1.54) is 6.07 Å². The predicted octanol–water partition coefficient (Wildman–Crippen LogP) is 5.62. The van der Waals surface area contributed by atoms with Crippen LogP contribution in [0.3, 0.4) is 0 Å². The molecule has 0 spiro atoms. The summed E-state index contributed by atoms with van der Waals surface area (Å²) >= 11 is 0. The molecule has 0 aromatic heterocycles. The Morgan fingerprint density at radius 3 is 1.44 bits per heavy atom. The Kier molecular flexibility index (Phi) is 11.6. The molecule has 194 valence electrons. The van der Waals surface area contributed by atoms with E-state index in [2.05, 4.69) is 0 Å². The lowest BCUT2D eigenvalue weighted by molar-refractivity contribution is 0.0423. The van der Waals surface area contributed by atoms with Crippen LogP contribution in [-0.2, 0) is 18.9 Å². The summed E-state index contributed by atoms with van der Waals surface area (Å²) in [6.45, 7) is 7.62. The van der Waals surface area contributed by atoms with Crippen LogP contribution in [0.5, 0.6) is 0 Å². The van der Waals surface area contributed by atoms with E-state index in [4.69, 9.17) is 18.9 Å². The van der Waals surface area contributed by atoms with Crippen molar-refractivity contribution in [3.8, 4) is 11.1 Å². The summed E-state index contributed by atoms with van der Waals surface area (Å²) in [5, 5.41) is 0. The van der Waals surface area contributed by atoms with Gasteiger partial charge in [-0.1, -0.05) is 58.0 Å². The highest BCUT2D eigenvalue weighted by Gasteiger charge is 2.35. The van der Waals surface area contributed by atoms with Gasteiger partial charge in [0.05, 0.1) is 48.7 Å². The molecule has 2 rings (SSSR count). The Labute approximate surface area is 211 Å². The van der Waals surface area contributed by atoms with Crippen LogP contribution < -0.4 is 0 Å². The first-order valence-corrected chi connectivity index (χ1v) is 12.4. The number of hydrogen-bond donors (Lipinski definition) is 0. The predicted molar refractivity (Wildman–Crippen MR) is 134 cm³/mol. The molecule has 0 unspecified atom stereocenters. The van der Waals surface area contributed by atoms with Gasteiger partial charge in [-0.2, -0.15) is 0 Å². The van der Waals surface area contributed by atoms with Gasteiger partial charge in [0.2, 0.25) is 0 Å². The molecule has 0 saturated heterocycles. The molecule has 0 radical (unpaired) electrons. The van der Waals surface area contributed by atoms with E-state index in [-0.39, 0.29) is 54.2 Å². The average Bonchev–Trinajstić information content (AvgIpc) is 2.91. The van der Waals surface area contributed by atoms with Crippen molar-refractivity contribution in [1.29, 1.82) is 0 Å². The van der Waals surface area contributed by atoms with Gasteiger partial charge in [-0.15, -0.1) is 0 Å². The number of carbonyl (C=O) groups is 4. The molecule has 0 amide bonds. The Morgan fingerprint density at radius 1 is 0.556 bits per heavy atom. The van der Waals surface area contributed by atoms with Crippen LogP contribution in [0.15, 0.2) is 36.4 Å². The van der Waals surface area contributed by atoms with Gasteiger partial charge < -0.3 is 18.9 Å². The molecule has 0 bridgehead atoms. The molecule has 2 aromatic rings. The van der Waals surface area contributed by atoms with E-state index in [0.29, 0.717) is 31.2 Å². The zero-order valence-corrected chi connectivity index (χ0v) is 21.4. The lowest BCUT2D eigenvalue weighted by Crippen LogP contribution is -2.25. The van der Waals surface area contributed by atoms with Gasteiger partial charge in [-0.3, -0.25) is 0 Å². The zero-order chi connectivity index (χ0) is 26.5. The summed E-state index contributed by atoms with van der Waals surface area (Å²) in [7, 11) is 0. The largest absolute Gasteiger partial charge is 0.462 e. The number of benzene rings is 2. The molecule has 2 aromatic carbocycles. The minimum Gasteiger partial charge on any atom is -0.462 e. The van der Waals surface area contributed by atoms with Crippen LogP contribution in [0.25, 0.3) is 11.1 Å². The van der Waals surface area contributed by atoms with Crippen molar-refractivity contribution < 1.29 is 38.1 Å². The summed E-state index contributed by atoms with van der Waals surface area (Å²) in [6, 6.07) is 10.1. The molecule has 0 aliphatic carbocycles. The molecule has 0 fully saturated rings. The number of ether oxygens (including phenoxy) is 4. The van der Waals surface area contributed by atoms with Gasteiger partial charge in [-0.25, -0.2) is 19.2 Å². The van der Waals surface area contributed by atoms with E-state index in [0.717, 1.165) is 0 Å². The fourth-order valence-electron chi connectivity index (χ4n) is 3.39. The fourth-order valence-corrected chi connectivity index (χ4v) is 3.39. The van der Waals surface area contributed by atoms with E-state index < -0.39 is 23.9 Å². The normalized spacial score (nSPS) is 10.4. The summed E-state index contributed by atoms with van der Waals surface area (Å²) in [6.07, 6.45) is 2.14. The third-order valence-electron chi connectivity index (χ3n) is 4.99. The maximum Gasteiger partial charge on any atom is 0.339 e. The smallest absolute Gasteiger partial charge is 0.339 e. The van der Waals surface area contributed by atoms with Crippen molar-refractivity contribution in [2.75, 3.05) is 26.4 Å². The summed E-state index contributed by atoms with van der Waals surface area (Å²) in [5.41, 5.74) is -0.284. The summed E-state index contributed by atoms with van der Waals surface area (Å²) in [5.74, 6) is -3.47. The maximum absolute atomic E-state index is 13.4. The highest BCUT2D eigenvalue weighted by atomic mass is 16.5. The second-order valence-corrected chi connectivity index (χ2v) is 8.01. The third kappa shape index (κ3) is 7.16. The van der Waals surface area contributed by atoms with Gasteiger partial charge in [0.15, 0.2) is 0 Å². The van der Waals surface area contributed by atoms with Crippen LogP contribution in [0.2, 0.25) is 0 Å². The summed E-state index contributed by atoms with van der Waals surface area (Å²) in [4.78, 5) is 53.1. The van der Waals surface area contributed by atoms with E-state index >= 15 is 0 Å². The molecule has 0 aliphatic rings. The monoisotopic (exact) mass is 498 g/mol. The van der Waals surface area contributed by atoms with Crippen molar-refractivity contribution in [1.82, 2.24) is 0 Å². The molecule has 0 saturated carbocycles. The lowest BCUT2D eigenvalue weighted by Gasteiger charge is -2.20.